The van der Waals surface area contributed by atoms with Gasteiger partial charge in [-0.1, -0.05) is 18.6 Å². The average molecular weight is 388 g/mol. The van der Waals surface area contributed by atoms with E-state index in [4.69, 9.17) is 0 Å². The largest absolute Gasteiger partial charge is 0.481 e. The highest BCUT2D eigenvalue weighted by molar-refractivity contribution is 5.82. The molecular weight excluding hydrogens is 359 g/mol. The number of carboxylic acids is 1. The Morgan fingerprint density at radius 3 is 2.57 bits per heavy atom. The Balaban J connectivity index is 1.43. The molecule has 2 aliphatic heterocycles. The lowest BCUT2D eigenvalue weighted by molar-refractivity contribution is -0.146. The van der Waals surface area contributed by atoms with Crippen LogP contribution in [0.25, 0.3) is 0 Å². The van der Waals surface area contributed by atoms with Gasteiger partial charge in [0.25, 0.3) is 0 Å². The van der Waals surface area contributed by atoms with Crippen molar-refractivity contribution in [1.82, 2.24) is 9.80 Å². The Labute approximate surface area is 165 Å². The predicted molar refractivity (Wildman–Crippen MR) is 103 cm³/mol. The van der Waals surface area contributed by atoms with Gasteiger partial charge in [-0.2, -0.15) is 0 Å². The molecular formula is C22H29FN2O3. The Kier molecular flexibility index (Phi) is 5.17. The Hall–Kier alpha value is -1.95. The van der Waals surface area contributed by atoms with Gasteiger partial charge in [0.15, 0.2) is 0 Å². The molecule has 6 heteroatoms. The third kappa shape index (κ3) is 3.43. The minimum absolute atomic E-state index is 0.112. The van der Waals surface area contributed by atoms with Crippen LogP contribution in [0.3, 0.4) is 0 Å². The van der Waals surface area contributed by atoms with Gasteiger partial charge in [-0.3, -0.25) is 14.5 Å². The van der Waals surface area contributed by atoms with E-state index in [0.717, 1.165) is 50.8 Å². The molecule has 0 bridgehead atoms. The van der Waals surface area contributed by atoms with E-state index in [2.05, 4.69) is 4.90 Å². The van der Waals surface area contributed by atoms with E-state index >= 15 is 0 Å². The first-order valence-corrected chi connectivity index (χ1v) is 10.4. The molecule has 1 aromatic rings. The standard InChI is InChI=1S/C22H29FN2O3/c1-15-17(6-3-7-19(15)23)12-24-10-8-22(9-11-24)14-25(13-18(22)21(27)28)20(26)16-4-2-5-16/h3,6-7,16,18H,2,4-5,8-14H2,1H3,(H,27,28). The second kappa shape index (κ2) is 7.47. The molecule has 2 saturated heterocycles. The van der Waals surface area contributed by atoms with E-state index in [1.165, 1.54) is 6.07 Å². The van der Waals surface area contributed by atoms with Crippen molar-refractivity contribution in [3.8, 4) is 0 Å². The van der Waals surface area contributed by atoms with Gasteiger partial charge in [-0.25, -0.2) is 4.39 Å². The van der Waals surface area contributed by atoms with Gasteiger partial charge in [-0.15, -0.1) is 0 Å². The van der Waals surface area contributed by atoms with E-state index in [1.54, 1.807) is 13.0 Å². The quantitative estimate of drug-likeness (QED) is 0.861. The minimum atomic E-state index is -0.779. The van der Waals surface area contributed by atoms with Crippen LogP contribution in [0.15, 0.2) is 18.2 Å². The highest BCUT2D eigenvalue weighted by Gasteiger charge is 2.53. The number of carbonyl (C=O) groups excluding carboxylic acids is 1. The fraction of sp³-hybridized carbons (Fsp3) is 0.636. The number of amides is 1. The number of nitrogens with zero attached hydrogens (tertiary/aromatic N) is 2. The first-order chi connectivity index (χ1) is 13.4. The van der Waals surface area contributed by atoms with E-state index in [-0.39, 0.29) is 23.1 Å². The normalized spacial score (nSPS) is 25.1. The lowest BCUT2D eigenvalue weighted by Crippen LogP contribution is -2.46. The van der Waals surface area contributed by atoms with Crippen molar-refractivity contribution in [2.75, 3.05) is 26.2 Å². The number of carboxylic acid groups (broad SMARTS) is 1. The van der Waals surface area contributed by atoms with Crippen molar-refractivity contribution in [1.29, 1.82) is 0 Å². The van der Waals surface area contributed by atoms with Gasteiger partial charge in [0.2, 0.25) is 5.91 Å². The third-order valence-electron chi connectivity index (χ3n) is 7.34. The van der Waals surface area contributed by atoms with Crippen LogP contribution in [-0.2, 0) is 16.1 Å². The topological polar surface area (TPSA) is 60.9 Å². The van der Waals surface area contributed by atoms with Crippen molar-refractivity contribution in [2.45, 2.75) is 45.6 Å². The third-order valence-corrected chi connectivity index (χ3v) is 7.34. The summed E-state index contributed by atoms with van der Waals surface area (Å²) in [5, 5.41) is 9.81. The molecule has 4 rings (SSSR count). The van der Waals surface area contributed by atoms with E-state index in [0.29, 0.717) is 25.2 Å². The molecule has 0 radical (unpaired) electrons. The molecule has 1 amide bonds. The molecule has 152 valence electrons. The molecule has 1 unspecified atom stereocenters. The predicted octanol–water partition coefficient (Wildman–Crippen LogP) is 3.06. The highest BCUT2D eigenvalue weighted by atomic mass is 19.1. The lowest BCUT2D eigenvalue weighted by Gasteiger charge is -2.41. The van der Waals surface area contributed by atoms with Crippen LogP contribution in [0.5, 0.6) is 0 Å². The highest BCUT2D eigenvalue weighted by Crippen LogP contribution is 2.46. The summed E-state index contributed by atoms with van der Waals surface area (Å²) in [6.45, 7) is 4.98. The van der Waals surface area contributed by atoms with Gasteiger partial charge >= 0.3 is 5.97 Å². The number of piperidine rings is 1. The molecule has 0 aromatic heterocycles. The van der Waals surface area contributed by atoms with E-state index < -0.39 is 11.9 Å². The fourth-order valence-corrected chi connectivity index (χ4v) is 5.12. The van der Waals surface area contributed by atoms with Crippen LogP contribution in [0.4, 0.5) is 4.39 Å². The zero-order valence-electron chi connectivity index (χ0n) is 16.5. The summed E-state index contributed by atoms with van der Waals surface area (Å²) in [5.74, 6) is -1.17. The zero-order chi connectivity index (χ0) is 19.9. The number of hydrogen-bond donors (Lipinski definition) is 1. The summed E-state index contributed by atoms with van der Waals surface area (Å²) in [7, 11) is 0. The number of benzene rings is 1. The van der Waals surface area contributed by atoms with Crippen LogP contribution in [0.1, 0.15) is 43.2 Å². The molecule has 1 aromatic carbocycles. The molecule has 1 aliphatic carbocycles. The number of hydrogen-bond acceptors (Lipinski definition) is 3. The zero-order valence-corrected chi connectivity index (χ0v) is 16.5. The number of aliphatic carboxylic acids is 1. The number of likely N-dealkylation sites (tertiary alicyclic amines) is 2. The maximum atomic E-state index is 13.8. The molecule has 1 spiro atoms. The summed E-state index contributed by atoms with van der Waals surface area (Å²) in [4.78, 5) is 28.8. The minimum Gasteiger partial charge on any atom is -0.481 e. The van der Waals surface area contributed by atoms with Crippen LogP contribution in [-0.4, -0.2) is 53.0 Å². The summed E-state index contributed by atoms with van der Waals surface area (Å²) < 4.78 is 13.8. The lowest BCUT2D eigenvalue weighted by atomic mass is 9.71. The monoisotopic (exact) mass is 388 g/mol. The SMILES string of the molecule is Cc1c(F)cccc1CN1CCC2(CC1)CN(C(=O)C1CCC1)CC2C(=O)O. The molecule has 1 atom stereocenters. The second-order valence-corrected chi connectivity index (χ2v) is 8.90. The molecule has 1 N–H and O–H groups in total. The Bertz CT molecular complexity index is 769. The van der Waals surface area contributed by atoms with Crippen molar-refractivity contribution >= 4 is 11.9 Å². The van der Waals surface area contributed by atoms with Crippen LogP contribution in [0, 0.1) is 30.0 Å². The molecule has 28 heavy (non-hydrogen) atoms. The van der Waals surface area contributed by atoms with Crippen molar-refractivity contribution in [3.63, 3.8) is 0 Å². The number of rotatable bonds is 4. The van der Waals surface area contributed by atoms with Gasteiger partial charge in [-0.05, 0) is 62.9 Å². The summed E-state index contributed by atoms with van der Waals surface area (Å²) in [5.41, 5.74) is 1.35. The Morgan fingerprint density at radius 2 is 1.96 bits per heavy atom. The smallest absolute Gasteiger partial charge is 0.308 e. The molecule has 3 fully saturated rings. The maximum Gasteiger partial charge on any atom is 0.308 e. The fourth-order valence-electron chi connectivity index (χ4n) is 5.12. The molecule has 5 nitrogen and oxygen atoms in total. The summed E-state index contributed by atoms with van der Waals surface area (Å²) in [6, 6.07) is 5.18. The van der Waals surface area contributed by atoms with Crippen LogP contribution < -0.4 is 0 Å². The van der Waals surface area contributed by atoms with Crippen molar-refractivity contribution in [2.24, 2.45) is 17.3 Å². The first kappa shape index (κ1) is 19.4. The molecule has 1 saturated carbocycles. The summed E-state index contributed by atoms with van der Waals surface area (Å²) >= 11 is 0. The van der Waals surface area contributed by atoms with Gasteiger partial charge in [0, 0.05) is 31.0 Å². The van der Waals surface area contributed by atoms with Crippen LogP contribution in [0.2, 0.25) is 0 Å². The van der Waals surface area contributed by atoms with Gasteiger partial charge in [0.1, 0.15) is 5.82 Å². The van der Waals surface area contributed by atoms with E-state index in [1.807, 2.05) is 11.0 Å². The van der Waals surface area contributed by atoms with Crippen molar-refractivity contribution < 1.29 is 19.1 Å². The first-order valence-electron chi connectivity index (χ1n) is 10.4. The number of carbonyl (C=O) groups is 2. The number of halogens is 1. The second-order valence-electron chi connectivity index (χ2n) is 8.90. The average Bonchev–Trinajstić information content (AvgIpc) is 2.99. The van der Waals surface area contributed by atoms with Gasteiger partial charge in [0.05, 0.1) is 5.92 Å². The van der Waals surface area contributed by atoms with Gasteiger partial charge < -0.3 is 10.0 Å². The van der Waals surface area contributed by atoms with Crippen molar-refractivity contribution in [3.05, 3.63) is 35.1 Å². The summed E-state index contributed by atoms with van der Waals surface area (Å²) in [6.07, 6.45) is 4.54. The molecule has 2 heterocycles. The maximum absolute atomic E-state index is 13.8. The van der Waals surface area contributed by atoms with E-state index in [9.17, 15) is 19.1 Å². The molecule has 3 aliphatic rings. The Morgan fingerprint density at radius 1 is 1.25 bits per heavy atom. The van der Waals surface area contributed by atoms with Crippen LogP contribution >= 0.6 is 0 Å².